The second-order valence-electron chi connectivity index (χ2n) is 6.48. The fourth-order valence-corrected chi connectivity index (χ4v) is 4.75. The van der Waals surface area contributed by atoms with Gasteiger partial charge in [0.15, 0.2) is 0 Å². The van der Waals surface area contributed by atoms with Crippen LogP contribution in [0, 0.1) is 0 Å². The third kappa shape index (κ3) is 1.44. The largest absolute Gasteiger partial charge is 0.374 e. The first-order valence-corrected chi connectivity index (χ1v) is 7.95. The molecular weight excluding hydrogens is 266 g/mol. The molecule has 1 aliphatic carbocycles. The number of para-hydroxylation sites is 1. The highest BCUT2D eigenvalue weighted by Crippen LogP contribution is 2.62. The second-order valence-corrected chi connectivity index (χ2v) is 6.48. The van der Waals surface area contributed by atoms with Crippen LogP contribution in [-0.2, 0) is 17.4 Å². The number of anilines is 1. The van der Waals surface area contributed by atoms with Crippen LogP contribution >= 0.6 is 0 Å². The maximum absolute atomic E-state index is 4.05. The highest BCUT2D eigenvalue weighted by molar-refractivity contribution is 5.71. The molecule has 0 saturated heterocycles. The molecule has 2 atom stereocenters. The van der Waals surface area contributed by atoms with Crippen LogP contribution in [0.3, 0.4) is 0 Å². The molecule has 1 heteroatoms. The lowest BCUT2D eigenvalue weighted by Crippen LogP contribution is -2.46. The van der Waals surface area contributed by atoms with Crippen molar-refractivity contribution < 1.29 is 0 Å². The van der Waals surface area contributed by atoms with Gasteiger partial charge in [-0.15, -0.1) is 13.2 Å². The Morgan fingerprint density at radius 2 is 1.59 bits per heavy atom. The lowest BCUT2D eigenvalue weighted by Gasteiger charge is -2.41. The molecule has 0 spiro atoms. The smallest absolute Gasteiger partial charge is 0.0765 e. The molecule has 1 nitrogen and oxygen atoms in total. The predicted molar refractivity (Wildman–Crippen MR) is 93.2 cm³/mol. The molecule has 0 aromatic heterocycles. The molecule has 22 heavy (non-hydrogen) atoms. The zero-order valence-electron chi connectivity index (χ0n) is 12.8. The van der Waals surface area contributed by atoms with E-state index in [1.165, 1.54) is 22.4 Å². The van der Waals surface area contributed by atoms with Crippen LogP contribution in [0.1, 0.15) is 29.5 Å². The molecular formula is C21H21N. The van der Waals surface area contributed by atoms with E-state index in [0.29, 0.717) is 0 Å². The van der Waals surface area contributed by atoms with Crippen molar-refractivity contribution in [1.29, 1.82) is 0 Å². The minimum atomic E-state index is -0.0940. The Morgan fingerprint density at radius 1 is 0.909 bits per heavy atom. The summed E-state index contributed by atoms with van der Waals surface area (Å²) in [5.41, 5.74) is 5.52. The van der Waals surface area contributed by atoms with E-state index < -0.39 is 0 Å². The lowest BCUT2D eigenvalue weighted by molar-refractivity contribution is 0.290. The van der Waals surface area contributed by atoms with Gasteiger partial charge in [0.1, 0.15) is 0 Å². The molecule has 1 N–H and O–H groups in total. The molecule has 0 saturated carbocycles. The minimum Gasteiger partial charge on any atom is -0.374 e. The normalized spacial score (nSPS) is 27.5. The van der Waals surface area contributed by atoms with Crippen molar-refractivity contribution in [3.8, 4) is 0 Å². The van der Waals surface area contributed by atoms with Crippen LogP contribution in [-0.4, -0.2) is 0 Å². The van der Waals surface area contributed by atoms with Crippen molar-refractivity contribution in [2.75, 3.05) is 5.32 Å². The topological polar surface area (TPSA) is 12.0 Å². The zero-order chi connectivity index (χ0) is 15.2. The second kappa shape index (κ2) is 4.61. The molecule has 110 valence electrons. The average Bonchev–Trinajstić information content (AvgIpc) is 2.94. The average molecular weight is 287 g/mol. The van der Waals surface area contributed by atoms with Gasteiger partial charge in [0.05, 0.1) is 5.54 Å². The Kier molecular flexibility index (Phi) is 2.80. The summed E-state index contributed by atoms with van der Waals surface area (Å²) in [6.07, 6.45) is 7.09. The maximum Gasteiger partial charge on any atom is 0.0765 e. The number of allylic oxidation sites excluding steroid dienone is 1. The Hall–Kier alpha value is -2.28. The predicted octanol–water partition coefficient (Wildman–Crippen LogP) is 4.95. The van der Waals surface area contributed by atoms with Gasteiger partial charge in [-0.2, -0.15) is 0 Å². The molecule has 1 aliphatic heterocycles. The molecule has 2 aliphatic rings. The molecule has 0 fully saturated rings. The minimum absolute atomic E-state index is 0.0449. The molecule has 2 unspecified atom stereocenters. The summed E-state index contributed by atoms with van der Waals surface area (Å²) in [5, 5.41) is 3.87. The molecule has 0 amide bonds. The number of hydrogen-bond donors (Lipinski definition) is 1. The number of nitrogens with one attached hydrogen (secondary N) is 1. The Bertz CT molecular complexity index is 695. The van der Waals surface area contributed by atoms with Crippen LogP contribution in [0.25, 0.3) is 0 Å². The van der Waals surface area contributed by atoms with Gasteiger partial charge in [0, 0.05) is 11.1 Å². The van der Waals surface area contributed by atoms with Gasteiger partial charge in [-0.05, 0) is 42.0 Å². The SMILES string of the molecule is C=CCC12Cc3ccccc3C1(CC=C)Nc1ccccc12. The third-order valence-electron chi connectivity index (χ3n) is 5.52. The van der Waals surface area contributed by atoms with E-state index in [0.717, 1.165) is 19.3 Å². The molecule has 0 bridgehead atoms. The van der Waals surface area contributed by atoms with Crippen molar-refractivity contribution >= 4 is 5.69 Å². The number of benzene rings is 2. The van der Waals surface area contributed by atoms with Gasteiger partial charge >= 0.3 is 0 Å². The molecule has 0 radical (unpaired) electrons. The van der Waals surface area contributed by atoms with Crippen LogP contribution in [0.4, 0.5) is 5.69 Å². The summed E-state index contributed by atoms with van der Waals surface area (Å²) in [4.78, 5) is 0. The Balaban J connectivity index is 2.03. The number of hydrogen-bond acceptors (Lipinski definition) is 1. The van der Waals surface area contributed by atoms with E-state index in [2.05, 4.69) is 79.2 Å². The van der Waals surface area contributed by atoms with Gasteiger partial charge in [-0.3, -0.25) is 0 Å². The van der Waals surface area contributed by atoms with Gasteiger partial charge < -0.3 is 5.32 Å². The fourth-order valence-electron chi connectivity index (χ4n) is 4.75. The number of rotatable bonds is 4. The first-order valence-electron chi connectivity index (χ1n) is 7.95. The lowest BCUT2D eigenvalue weighted by atomic mass is 9.65. The van der Waals surface area contributed by atoms with Crippen LogP contribution < -0.4 is 5.32 Å². The number of fused-ring (bicyclic) bond motifs is 5. The van der Waals surface area contributed by atoms with E-state index in [1.54, 1.807) is 0 Å². The van der Waals surface area contributed by atoms with Crippen LogP contribution in [0.2, 0.25) is 0 Å². The quantitative estimate of drug-likeness (QED) is 0.784. The van der Waals surface area contributed by atoms with E-state index in [-0.39, 0.29) is 11.0 Å². The summed E-state index contributed by atoms with van der Waals surface area (Å²) in [6.45, 7) is 8.09. The first kappa shape index (κ1) is 13.4. The van der Waals surface area contributed by atoms with Gasteiger partial charge in [0.2, 0.25) is 0 Å². The molecule has 4 rings (SSSR count). The summed E-state index contributed by atoms with van der Waals surface area (Å²) < 4.78 is 0. The van der Waals surface area contributed by atoms with E-state index in [4.69, 9.17) is 0 Å². The van der Waals surface area contributed by atoms with Crippen molar-refractivity contribution in [3.05, 3.63) is 90.5 Å². The van der Waals surface area contributed by atoms with Crippen LogP contribution in [0.5, 0.6) is 0 Å². The first-order chi connectivity index (χ1) is 10.8. The summed E-state index contributed by atoms with van der Waals surface area (Å²) >= 11 is 0. The van der Waals surface area contributed by atoms with Crippen molar-refractivity contribution in [2.24, 2.45) is 0 Å². The van der Waals surface area contributed by atoms with E-state index in [9.17, 15) is 0 Å². The summed E-state index contributed by atoms with van der Waals surface area (Å²) in [5.74, 6) is 0. The van der Waals surface area contributed by atoms with Gasteiger partial charge in [0.25, 0.3) is 0 Å². The Morgan fingerprint density at radius 3 is 2.36 bits per heavy atom. The standard InChI is InChI=1S/C21H21N/c1-3-13-20-15-16-9-5-6-10-17(16)21(20,14-4-2)22-19-12-8-7-11-18(19)20/h3-12,22H,1-2,13-15H2. The summed E-state index contributed by atoms with van der Waals surface area (Å²) in [6, 6.07) is 17.6. The van der Waals surface area contributed by atoms with Gasteiger partial charge in [-0.1, -0.05) is 54.6 Å². The van der Waals surface area contributed by atoms with Gasteiger partial charge in [-0.25, -0.2) is 0 Å². The zero-order valence-corrected chi connectivity index (χ0v) is 12.8. The van der Waals surface area contributed by atoms with Crippen LogP contribution in [0.15, 0.2) is 73.8 Å². The van der Waals surface area contributed by atoms with Crippen molar-refractivity contribution in [3.63, 3.8) is 0 Å². The molecule has 1 heterocycles. The molecule has 2 aromatic rings. The van der Waals surface area contributed by atoms with Crippen molar-refractivity contribution in [1.82, 2.24) is 0 Å². The Labute approximate surface area is 132 Å². The summed E-state index contributed by atoms with van der Waals surface area (Å²) in [7, 11) is 0. The monoisotopic (exact) mass is 287 g/mol. The van der Waals surface area contributed by atoms with E-state index >= 15 is 0 Å². The van der Waals surface area contributed by atoms with E-state index in [1.807, 2.05) is 0 Å². The highest BCUT2D eigenvalue weighted by atomic mass is 15.1. The fraction of sp³-hybridized carbons (Fsp3) is 0.238. The third-order valence-corrected chi connectivity index (χ3v) is 5.52. The maximum atomic E-state index is 4.05. The highest BCUT2D eigenvalue weighted by Gasteiger charge is 2.61. The van der Waals surface area contributed by atoms with Crippen molar-refractivity contribution in [2.45, 2.75) is 30.2 Å². The molecule has 2 aromatic carbocycles.